The molecule has 14 heavy (non-hydrogen) atoms. The predicted octanol–water partition coefficient (Wildman–Crippen LogP) is 1.03. The fourth-order valence-electron chi connectivity index (χ4n) is 1.63. The maximum absolute atomic E-state index is 13.6. The molecule has 0 aliphatic carbocycles. The highest BCUT2D eigenvalue weighted by atomic mass is 19.1. The molecule has 76 valence electrons. The Balaban J connectivity index is 2.49. The summed E-state index contributed by atoms with van der Waals surface area (Å²) in [6.45, 7) is 2.49. The Bertz CT molecular complexity index is 373. The number of benzene rings is 1. The monoisotopic (exact) mass is 198 g/mol. The minimum Gasteiger partial charge on any atom is -0.319 e. The molecule has 0 radical (unpaired) electrons. The molecule has 0 unspecified atom stereocenters. The summed E-state index contributed by atoms with van der Waals surface area (Å²) in [7, 11) is 0. The quantitative estimate of drug-likeness (QED) is 0.707. The molecule has 1 heterocycles. The Kier molecular flexibility index (Phi) is 2.05. The van der Waals surface area contributed by atoms with Crippen molar-refractivity contribution >= 4 is 0 Å². The van der Waals surface area contributed by atoms with Crippen molar-refractivity contribution < 1.29 is 8.78 Å². The third-order valence-electron chi connectivity index (χ3n) is 2.74. The van der Waals surface area contributed by atoms with E-state index in [0.717, 1.165) is 0 Å². The zero-order chi connectivity index (χ0) is 10.3. The highest BCUT2D eigenvalue weighted by Gasteiger charge is 2.37. The van der Waals surface area contributed by atoms with Crippen molar-refractivity contribution in [3.05, 3.63) is 34.9 Å². The van der Waals surface area contributed by atoms with Crippen LogP contribution in [0.4, 0.5) is 8.78 Å². The van der Waals surface area contributed by atoms with E-state index < -0.39 is 17.2 Å². The topological polar surface area (TPSA) is 38.0 Å². The van der Waals surface area contributed by atoms with E-state index in [1.165, 1.54) is 19.1 Å². The molecule has 0 saturated carbocycles. The molecule has 1 aliphatic heterocycles. The number of nitrogens with one attached hydrogen (secondary N) is 1. The van der Waals surface area contributed by atoms with Crippen LogP contribution in [-0.4, -0.2) is 13.1 Å². The van der Waals surface area contributed by atoms with Crippen LogP contribution in [-0.2, 0) is 5.54 Å². The maximum Gasteiger partial charge on any atom is 0.134 e. The number of halogens is 2. The average molecular weight is 198 g/mol. The van der Waals surface area contributed by atoms with Crippen molar-refractivity contribution in [1.29, 1.82) is 0 Å². The molecule has 1 aromatic rings. The Morgan fingerprint density at radius 1 is 1.36 bits per heavy atom. The van der Waals surface area contributed by atoms with Gasteiger partial charge in [-0.15, -0.1) is 0 Å². The minimum absolute atomic E-state index is 0.0409. The lowest BCUT2D eigenvalue weighted by Gasteiger charge is -2.39. The molecular weight excluding hydrogens is 186 g/mol. The molecule has 0 spiro atoms. The molecule has 3 N–H and O–H groups in total. The molecule has 0 aromatic heterocycles. The molecule has 4 heteroatoms. The highest BCUT2D eigenvalue weighted by Crippen LogP contribution is 2.27. The second-order valence-corrected chi connectivity index (χ2v) is 3.79. The van der Waals surface area contributed by atoms with Gasteiger partial charge in [-0.1, -0.05) is 6.07 Å². The van der Waals surface area contributed by atoms with E-state index >= 15 is 0 Å². The van der Waals surface area contributed by atoms with Crippen molar-refractivity contribution in [1.82, 2.24) is 5.32 Å². The summed E-state index contributed by atoms with van der Waals surface area (Å²) in [6.07, 6.45) is 0. The van der Waals surface area contributed by atoms with Gasteiger partial charge >= 0.3 is 0 Å². The van der Waals surface area contributed by atoms with Crippen LogP contribution in [0.3, 0.4) is 0 Å². The Morgan fingerprint density at radius 2 is 2.00 bits per heavy atom. The van der Waals surface area contributed by atoms with E-state index in [1.807, 2.05) is 0 Å². The van der Waals surface area contributed by atoms with Crippen LogP contribution in [0.15, 0.2) is 12.1 Å². The van der Waals surface area contributed by atoms with Crippen LogP contribution >= 0.6 is 0 Å². The first kappa shape index (κ1) is 9.55. The van der Waals surface area contributed by atoms with Crippen LogP contribution in [0.5, 0.6) is 0 Å². The van der Waals surface area contributed by atoms with Gasteiger partial charge in [0.1, 0.15) is 11.6 Å². The molecule has 1 fully saturated rings. The fraction of sp³-hybridized carbons (Fsp3) is 0.400. The van der Waals surface area contributed by atoms with E-state index in [1.54, 1.807) is 0 Å². The largest absolute Gasteiger partial charge is 0.319 e. The van der Waals surface area contributed by atoms with Gasteiger partial charge in [0.05, 0.1) is 5.54 Å². The first-order valence-electron chi connectivity index (χ1n) is 4.49. The smallest absolute Gasteiger partial charge is 0.134 e. The summed E-state index contributed by atoms with van der Waals surface area (Å²) >= 11 is 0. The Hall–Kier alpha value is -1.00. The van der Waals surface area contributed by atoms with Crippen molar-refractivity contribution in [2.75, 3.05) is 13.1 Å². The molecule has 0 atom stereocenters. The van der Waals surface area contributed by atoms with Crippen molar-refractivity contribution in [3.63, 3.8) is 0 Å². The van der Waals surface area contributed by atoms with Gasteiger partial charge in [0, 0.05) is 24.2 Å². The van der Waals surface area contributed by atoms with E-state index in [9.17, 15) is 8.78 Å². The lowest BCUT2D eigenvalue weighted by Crippen LogP contribution is -2.63. The van der Waals surface area contributed by atoms with Gasteiger partial charge in [-0.3, -0.25) is 0 Å². The minimum atomic E-state index is -0.664. The summed E-state index contributed by atoms with van der Waals surface area (Å²) in [4.78, 5) is 0. The molecule has 1 aromatic carbocycles. The van der Waals surface area contributed by atoms with Gasteiger partial charge in [0.15, 0.2) is 0 Å². The number of hydrogen-bond donors (Lipinski definition) is 2. The van der Waals surface area contributed by atoms with Crippen LogP contribution in [0.2, 0.25) is 0 Å². The molecule has 0 bridgehead atoms. The third kappa shape index (κ3) is 1.22. The van der Waals surface area contributed by atoms with E-state index in [0.29, 0.717) is 18.7 Å². The highest BCUT2D eigenvalue weighted by molar-refractivity contribution is 5.34. The average Bonchev–Trinajstić information content (AvgIpc) is 2.11. The molecular formula is C10H12F2N2. The molecule has 2 rings (SSSR count). The van der Waals surface area contributed by atoms with Crippen molar-refractivity contribution in [2.24, 2.45) is 5.73 Å². The summed E-state index contributed by atoms with van der Waals surface area (Å²) in [5.41, 5.74) is 5.69. The van der Waals surface area contributed by atoms with E-state index in [2.05, 4.69) is 5.32 Å². The van der Waals surface area contributed by atoms with Gasteiger partial charge in [-0.2, -0.15) is 0 Å². The van der Waals surface area contributed by atoms with Gasteiger partial charge < -0.3 is 11.1 Å². The lowest BCUT2D eigenvalue weighted by atomic mass is 9.84. The molecule has 2 nitrogen and oxygen atoms in total. The zero-order valence-corrected chi connectivity index (χ0v) is 7.90. The second kappa shape index (κ2) is 3.00. The van der Waals surface area contributed by atoms with Crippen molar-refractivity contribution in [3.8, 4) is 0 Å². The summed E-state index contributed by atoms with van der Waals surface area (Å²) in [5, 5.41) is 2.98. The summed E-state index contributed by atoms with van der Waals surface area (Å²) in [6, 6.07) is 2.69. The number of nitrogens with two attached hydrogens (primary N) is 1. The van der Waals surface area contributed by atoms with Gasteiger partial charge in [-0.25, -0.2) is 8.78 Å². The van der Waals surface area contributed by atoms with Crippen LogP contribution in [0.25, 0.3) is 0 Å². The third-order valence-corrected chi connectivity index (χ3v) is 2.74. The normalized spacial score (nSPS) is 19.1. The SMILES string of the molecule is Cc1c(F)ccc(C2(N)CNC2)c1F. The van der Waals surface area contributed by atoms with Crippen LogP contribution < -0.4 is 11.1 Å². The Labute approximate surface area is 81.1 Å². The molecule has 1 saturated heterocycles. The summed E-state index contributed by atoms with van der Waals surface area (Å²) < 4.78 is 26.6. The van der Waals surface area contributed by atoms with E-state index in [4.69, 9.17) is 5.73 Å². The maximum atomic E-state index is 13.6. The molecule has 0 amide bonds. The molecule has 1 aliphatic rings. The van der Waals surface area contributed by atoms with Crippen LogP contribution in [0.1, 0.15) is 11.1 Å². The second-order valence-electron chi connectivity index (χ2n) is 3.79. The van der Waals surface area contributed by atoms with Gasteiger partial charge in [0.25, 0.3) is 0 Å². The zero-order valence-electron chi connectivity index (χ0n) is 7.90. The Morgan fingerprint density at radius 3 is 2.50 bits per heavy atom. The number of rotatable bonds is 1. The first-order valence-corrected chi connectivity index (χ1v) is 4.49. The standard InChI is InChI=1S/C10H12F2N2/c1-6-8(11)3-2-7(9(6)12)10(13)4-14-5-10/h2-3,14H,4-5,13H2,1H3. The lowest BCUT2D eigenvalue weighted by molar-refractivity contribution is 0.276. The summed E-state index contributed by atoms with van der Waals surface area (Å²) in [5.74, 6) is -1.05. The number of hydrogen-bond acceptors (Lipinski definition) is 2. The first-order chi connectivity index (χ1) is 6.54. The van der Waals surface area contributed by atoms with Crippen molar-refractivity contribution in [2.45, 2.75) is 12.5 Å². The van der Waals surface area contributed by atoms with Gasteiger partial charge in [-0.05, 0) is 13.0 Å². The predicted molar refractivity (Wildman–Crippen MR) is 49.8 cm³/mol. The van der Waals surface area contributed by atoms with E-state index in [-0.39, 0.29) is 5.56 Å². The van der Waals surface area contributed by atoms with Gasteiger partial charge in [0.2, 0.25) is 0 Å². The fourth-order valence-corrected chi connectivity index (χ4v) is 1.63. The van der Waals surface area contributed by atoms with Crippen LogP contribution in [0, 0.1) is 18.6 Å².